The number of aliphatic hydroxyl groups excluding tert-OH is 1. The van der Waals surface area contributed by atoms with Gasteiger partial charge in [-0.2, -0.15) is 0 Å². The quantitative estimate of drug-likeness (QED) is 0.822. The van der Waals surface area contributed by atoms with E-state index in [1.807, 2.05) is 24.3 Å². The Bertz CT molecular complexity index is 267. The van der Waals surface area contributed by atoms with Crippen molar-refractivity contribution in [3.8, 4) is 5.75 Å². The molecule has 0 saturated heterocycles. The van der Waals surface area contributed by atoms with Crippen LogP contribution >= 0.6 is 15.9 Å². The van der Waals surface area contributed by atoms with Gasteiger partial charge in [0.25, 0.3) is 0 Å². The van der Waals surface area contributed by atoms with Crippen LogP contribution in [0.3, 0.4) is 0 Å². The molecule has 3 heteroatoms. The maximum absolute atomic E-state index is 8.45. The summed E-state index contributed by atoms with van der Waals surface area (Å²) < 4.78 is 6.38. The van der Waals surface area contributed by atoms with Crippen molar-refractivity contribution in [3.05, 3.63) is 40.9 Å². The van der Waals surface area contributed by atoms with Gasteiger partial charge in [-0.3, -0.25) is 0 Å². The van der Waals surface area contributed by atoms with Gasteiger partial charge in [-0.05, 0) is 30.3 Å². The lowest BCUT2D eigenvalue weighted by molar-refractivity contribution is 0.336. The van der Waals surface area contributed by atoms with Gasteiger partial charge in [0, 0.05) is 4.47 Å². The van der Waals surface area contributed by atoms with Crippen molar-refractivity contribution in [2.24, 2.45) is 0 Å². The highest BCUT2D eigenvalue weighted by Gasteiger charge is 1.90. The van der Waals surface area contributed by atoms with E-state index < -0.39 is 0 Å². The van der Waals surface area contributed by atoms with Gasteiger partial charge in [0.2, 0.25) is 0 Å². The zero-order valence-corrected chi connectivity index (χ0v) is 8.70. The fourth-order valence-electron chi connectivity index (χ4n) is 0.818. The minimum Gasteiger partial charge on any atom is -0.490 e. The highest BCUT2D eigenvalue weighted by Crippen LogP contribution is 2.15. The smallest absolute Gasteiger partial charge is 0.119 e. The predicted octanol–water partition coefficient (Wildman–Crippen LogP) is 2.38. The first-order valence-electron chi connectivity index (χ1n) is 3.97. The second kappa shape index (κ2) is 5.78. The first-order valence-corrected chi connectivity index (χ1v) is 4.76. The fraction of sp³-hybridized carbons (Fsp3) is 0.200. The van der Waals surface area contributed by atoms with Crippen LogP contribution in [-0.2, 0) is 0 Å². The molecule has 0 radical (unpaired) electrons. The van der Waals surface area contributed by atoms with Gasteiger partial charge in [0.1, 0.15) is 12.4 Å². The molecule has 0 aliphatic heterocycles. The molecule has 0 heterocycles. The molecule has 0 saturated carbocycles. The SMILES string of the molecule is OC/C=C/COc1ccc(Br)cc1. The number of aliphatic hydroxyl groups is 1. The zero-order chi connectivity index (χ0) is 9.52. The molecule has 2 nitrogen and oxygen atoms in total. The van der Waals surface area contributed by atoms with Crippen molar-refractivity contribution in [1.29, 1.82) is 0 Å². The lowest BCUT2D eigenvalue weighted by atomic mass is 10.3. The van der Waals surface area contributed by atoms with E-state index in [9.17, 15) is 0 Å². The third kappa shape index (κ3) is 4.10. The molecule has 70 valence electrons. The molecule has 1 rings (SSSR count). The van der Waals surface area contributed by atoms with Gasteiger partial charge < -0.3 is 9.84 Å². The largest absolute Gasteiger partial charge is 0.490 e. The van der Waals surface area contributed by atoms with Crippen molar-refractivity contribution in [2.75, 3.05) is 13.2 Å². The third-order valence-corrected chi connectivity index (χ3v) is 1.96. The Kier molecular flexibility index (Phi) is 4.57. The fourth-order valence-corrected chi connectivity index (χ4v) is 1.08. The minimum absolute atomic E-state index is 0.0592. The van der Waals surface area contributed by atoms with Gasteiger partial charge in [-0.15, -0.1) is 0 Å². The molecule has 0 unspecified atom stereocenters. The summed E-state index contributed by atoms with van der Waals surface area (Å²) in [5.74, 6) is 0.825. The van der Waals surface area contributed by atoms with Gasteiger partial charge >= 0.3 is 0 Å². The van der Waals surface area contributed by atoms with Crippen LogP contribution in [0.1, 0.15) is 0 Å². The van der Waals surface area contributed by atoms with E-state index in [1.54, 1.807) is 12.2 Å². The van der Waals surface area contributed by atoms with E-state index in [0.717, 1.165) is 10.2 Å². The molecule has 0 bridgehead atoms. The van der Waals surface area contributed by atoms with Crippen LogP contribution in [-0.4, -0.2) is 18.3 Å². The topological polar surface area (TPSA) is 29.5 Å². The molecule has 0 atom stereocenters. The number of benzene rings is 1. The van der Waals surface area contributed by atoms with Crippen molar-refractivity contribution < 1.29 is 9.84 Å². The Hall–Kier alpha value is -0.800. The number of rotatable bonds is 4. The standard InChI is InChI=1S/C10H11BrO2/c11-9-3-5-10(6-4-9)13-8-2-1-7-12/h1-6,12H,7-8H2/b2-1+. The van der Waals surface area contributed by atoms with Gasteiger partial charge in [-0.1, -0.05) is 22.0 Å². The minimum atomic E-state index is 0.0592. The normalized spacial score (nSPS) is 10.6. The van der Waals surface area contributed by atoms with Crippen molar-refractivity contribution in [2.45, 2.75) is 0 Å². The third-order valence-electron chi connectivity index (χ3n) is 1.43. The average Bonchev–Trinajstić information content (AvgIpc) is 2.15. The Balaban J connectivity index is 2.37. The van der Waals surface area contributed by atoms with Crippen LogP contribution in [0.25, 0.3) is 0 Å². The molecule has 0 aromatic heterocycles. The maximum atomic E-state index is 8.45. The molecule has 0 fully saturated rings. The van der Waals surface area contributed by atoms with E-state index in [2.05, 4.69) is 15.9 Å². The summed E-state index contributed by atoms with van der Waals surface area (Å²) in [7, 11) is 0. The van der Waals surface area contributed by atoms with E-state index >= 15 is 0 Å². The van der Waals surface area contributed by atoms with Crippen molar-refractivity contribution >= 4 is 15.9 Å². The monoisotopic (exact) mass is 242 g/mol. The molecule has 1 aromatic rings. The van der Waals surface area contributed by atoms with Crippen molar-refractivity contribution in [1.82, 2.24) is 0 Å². The van der Waals surface area contributed by atoms with Crippen LogP contribution in [0.15, 0.2) is 40.9 Å². The Morgan fingerprint density at radius 3 is 2.54 bits per heavy atom. The van der Waals surface area contributed by atoms with E-state index in [4.69, 9.17) is 9.84 Å². The number of halogens is 1. The first-order chi connectivity index (χ1) is 6.33. The number of hydrogen-bond donors (Lipinski definition) is 1. The number of hydrogen-bond acceptors (Lipinski definition) is 2. The summed E-state index contributed by atoms with van der Waals surface area (Å²) in [6.07, 6.45) is 3.43. The molecule has 1 aromatic carbocycles. The number of ether oxygens (including phenoxy) is 1. The summed E-state index contributed by atoms with van der Waals surface area (Å²) in [4.78, 5) is 0. The molecule has 0 aliphatic rings. The summed E-state index contributed by atoms with van der Waals surface area (Å²) in [6, 6.07) is 7.61. The summed E-state index contributed by atoms with van der Waals surface area (Å²) >= 11 is 3.34. The summed E-state index contributed by atoms with van der Waals surface area (Å²) in [5, 5.41) is 8.45. The highest BCUT2D eigenvalue weighted by atomic mass is 79.9. The van der Waals surface area contributed by atoms with E-state index in [-0.39, 0.29) is 6.61 Å². The molecule has 0 amide bonds. The van der Waals surface area contributed by atoms with Crippen molar-refractivity contribution in [3.63, 3.8) is 0 Å². The van der Waals surface area contributed by atoms with Gasteiger partial charge in [-0.25, -0.2) is 0 Å². The zero-order valence-electron chi connectivity index (χ0n) is 7.11. The molecule has 1 N–H and O–H groups in total. The Morgan fingerprint density at radius 1 is 1.23 bits per heavy atom. The average molecular weight is 243 g/mol. The highest BCUT2D eigenvalue weighted by molar-refractivity contribution is 9.10. The van der Waals surface area contributed by atoms with E-state index in [0.29, 0.717) is 6.61 Å². The van der Waals surface area contributed by atoms with Crippen LogP contribution in [0, 0.1) is 0 Å². The van der Waals surface area contributed by atoms with Crippen LogP contribution in [0.2, 0.25) is 0 Å². The molecular weight excluding hydrogens is 232 g/mol. The summed E-state index contributed by atoms with van der Waals surface area (Å²) in [5.41, 5.74) is 0. The van der Waals surface area contributed by atoms with E-state index in [1.165, 1.54) is 0 Å². The summed E-state index contributed by atoms with van der Waals surface area (Å²) in [6.45, 7) is 0.548. The van der Waals surface area contributed by atoms with Crippen LogP contribution < -0.4 is 4.74 Å². The second-order valence-corrected chi connectivity index (χ2v) is 3.33. The van der Waals surface area contributed by atoms with Crippen LogP contribution in [0.4, 0.5) is 0 Å². The second-order valence-electron chi connectivity index (χ2n) is 2.42. The Morgan fingerprint density at radius 2 is 1.92 bits per heavy atom. The van der Waals surface area contributed by atoms with Gasteiger partial charge in [0.15, 0.2) is 0 Å². The lowest BCUT2D eigenvalue weighted by Crippen LogP contribution is -1.93. The predicted molar refractivity (Wildman–Crippen MR) is 55.9 cm³/mol. The maximum Gasteiger partial charge on any atom is 0.119 e. The molecule has 0 spiro atoms. The van der Waals surface area contributed by atoms with Crippen LogP contribution in [0.5, 0.6) is 5.75 Å². The molecule has 0 aliphatic carbocycles. The van der Waals surface area contributed by atoms with Gasteiger partial charge in [0.05, 0.1) is 6.61 Å². The lowest BCUT2D eigenvalue weighted by Gasteiger charge is -2.01. The first kappa shape index (κ1) is 10.3. The Labute approximate surface area is 86.0 Å². The molecular formula is C10H11BrO2. The molecule has 13 heavy (non-hydrogen) atoms.